The van der Waals surface area contributed by atoms with Gasteiger partial charge in [-0.05, 0) is 38.1 Å². The number of amides is 2. The van der Waals surface area contributed by atoms with Gasteiger partial charge < -0.3 is 4.42 Å². The first-order valence-corrected chi connectivity index (χ1v) is 6.77. The molecule has 6 heteroatoms. The minimum Gasteiger partial charge on any atom is -0.469 e. The molecule has 0 aliphatic carbocycles. The smallest absolute Gasteiger partial charge is 0.273 e. The van der Waals surface area contributed by atoms with Crippen LogP contribution in [0.1, 0.15) is 25.9 Å². The van der Waals surface area contributed by atoms with E-state index in [2.05, 4.69) is 10.9 Å². The standard InChI is InChI=1S/C14H14N2O3S/c1-9-3-4-11(20-9)5-6-13(17)15-16-14(18)12-7-8-19-10(12)2/h3-8H,1-2H3,(H,15,17)(H,16,18)/b6-5+. The molecular weight excluding hydrogens is 276 g/mol. The zero-order chi connectivity index (χ0) is 14.5. The Labute approximate surface area is 120 Å². The summed E-state index contributed by atoms with van der Waals surface area (Å²) in [6, 6.07) is 5.45. The zero-order valence-electron chi connectivity index (χ0n) is 11.1. The highest BCUT2D eigenvalue weighted by Crippen LogP contribution is 2.16. The van der Waals surface area contributed by atoms with Crippen molar-refractivity contribution in [3.63, 3.8) is 0 Å². The van der Waals surface area contributed by atoms with E-state index in [0.717, 1.165) is 4.88 Å². The summed E-state index contributed by atoms with van der Waals surface area (Å²) >= 11 is 1.59. The van der Waals surface area contributed by atoms with Crippen LogP contribution in [0.3, 0.4) is 0 Å². The van der Waals surface area contributed by atoms with Crippen molar-refractivity contribution in [2.24, 2.45) is 0 Å². The van der Waals surface area contributed by atoms with Crippen LogP contribution in [0.2, 0.25) is 0 Å². The average Bonchev–Trinajstić information content (AvgIpc) is 3.02. The molecule has 0 saturated carbocycles. The number of furan rings is 1. The van der Waals surface area contributed by atoms with Crippen molar-refractivity contribution in [2.45, 2.75) is 13.8 Å². The molecule has 0 aromatic carbocycles. The quantitative estimate of drug-likeness (QED) is 0.673. The third kappa shape index (κ3) is 3.58. The molecule has 2 heterocycles. The number of rotatable bonds is 3. The fourth-order valence-corrected chi connectivity index (χ4v) is 2.33. The Balaban J connectivity index is 1.85. The van der Waals surface area contributed by atoms with Crippen LogP contribution in [0.5, 0.6) is 0 Å². The molecule has 2 aromatic rings. The number of aryl methyl sites for hydroxylation is 2. The van der Waals surface area contributed by atoms with Crippen molar-refractivity contribution in [1.29, 1.82) is 0 Å². The van der Waals surface area contributed by atoms with Gasteiger partial charge >= 0.3 is 0 Å². The van der Waals surface area contributed by atoms with E-state index >= 15 is 0 Å². The second-order valence-corrected chi connectivity index (χ2v) is 5.44. The predicted molar refractivity (Wildman–Crippen MR) is 77.1 cm³/mol. The molecule has 0 saturated heterocycles. The summed E-state index contributed by atoms with van der Waals surface area (Å²) in [5, 5.41) is 0. The van der Waals surface area contributed by atoms with E-state index in [1.165, 1.54) is 17.2 Å². The van der Waals surface area contributed by atoms with E-state index in [-0.39, 0.29) is 0 Å². The van der Waals surface area contributed by atoms with E-state index in [9.17, 15) is 9.59 Å². The van der Waals surface area contributed by atoms with Gasteiger partial charge in [0.05, 0.1) is 11.8 Å². The first-order chi connectivity index (χ1) is 9.56. The van der Waals surface area contributed by atoms with Crippen LogP contribution >= 0.6 is 11.3 Å². The van der Waals surface area contributed by atoms with Gasteiger partial charge in [0.2, 0.25) is 0 Å². The zero-order valence-corrected chi connectivity index (χ0v) is 11.9. The number of hydrazine groups is 1. The van der Waals surface area contributed by atoms with Gasteiger partial charge in [-0.3, -0.25) is 20.4 Å². The number of hydrogen-bond donors (Lipinski definition) is 2. The van der Waals surface area contributed by atoms with Crippen molar-refractivity contribution >= 4 is 29.2 Å². The van der Waals surface area contributed by atoms with Crippen LogP contribution in [0.25, 0.3) is 6.08 Å². The highest BCUT2D eigenvalue weighted by Gasteiger charge is 2.11. The molecule has 0 bridgehead atoms. The monoisotopic (exact) mass is 290 g/mol. The molecule has 0 fully saturated rings. The number of carbonyl (C=O) groups is 2. The summed E-state index contributed by atoms with van der Waals surface area (Å²) < 4.78 is 5.01. The normalized spacial score (nSPS) is 10.7. The van der Waals surface area contributed by atoms with Crippen molar-refractivity contribution < 1.29 is 14.0 Å². The maximum absolute atomic E-state index is 11.7. The summed E-state index contributed by atoms with van der Waals surface area (Å²) in [5.74, 6) is -0.308. The Bertz CT molecular complexity index is 655. The second-order valence-electron chi connectivity index (χ2n) is 4.12. The molecule has 0 unspecified atom stereocenters. The molecular formula is C14H14N2O3S. The first-order valence-electron chi connectivity index (χ1n) is 5.95. The van der Waals surface area contributed by atoms with Gasteiger partial charge in [-0.2, -0.15) is 0 Å². The van der Waals surface area contributed by atoms with Crippen LogP contribution in [0.15, 0.2) is 35.0 Å². The maximum atomic E-state index is 11.7. The van der Waals surface area contributed by atoms with Gasteiger partial charge in [0, 0.05) is 15.8 Å². The molecule has 0 atom stereocenters. The molecule has 2 aromatic heterocycles. The molecule has 2 N–H and O–H groups in total. The Hall–Kier alpha value is -2.34. The van der Waals surface area contributed by atoms with Crippen LogP contribution in [-0.2, 0) is 4.79 Å². The highest BCUT2D eigenvalue weighted by molar-refractivity contribution is 7.12. The van der Waals surface area contributed by atoms with Crippen LogP contribution in [0.4, 0.5) is 0 Å². The van der Waals surface area contributed by atoms with E-state index in [4.69, 9.17) is 4.42 Å². The predicted octanol–water partition coefficient (Wildman–Crippen LogP) is 2.43. The summed E-state index contributed by atoms with van der Waals surface area (Å²) in [4.78, 5) is 25.4. The SMILES string of the molecule is Cc1ccc(/C=C/C(=O)NNC(=O)c2ccoc2C)s1. The van der Waals surface area contributed by atoms with Crippen LogP contribution in [-0.4, -0.2) is 11.8 Å². The molecule has 2 rings (SSSR count). The number of thiophene rings is 1. The Morgan fingerprint density at radius 3 is 2.60 bits per heavy atom. The molecule has 0 aliphatic heterocycles. The van der Waals surface area contributed by atoms with Gasteiger partial charge in [0.1, 0.15) is 5.76 Å². The lowest BCUT2D eigenvalue weighted by molar-refractivity contribution is -0.117. The largest absolute Gasteiger partial charge is 0.469 e. The van der Waals surface area contributed by atoms with Crippen molar-refractivity contribution in [3.8, 4) is 0 Å². The van der Waals surface area contributed by atoms with Crippen molar-refractivity contribution in [1.82, 2.24) is 10.9 Å². The molecule has 5 nitrogen and oxygen atoms in total. The Kier molecular flexibility index (Phi) is 4.37. The van der Waals surface area contributed by atoms with Gasteiger partial charge in [0.15, 0.2) is 0 Å². The molecule has 104 valence electrons. The molecule has 0 spiro atoms. The first kappa shape index (κ1) is 14.1. The summed E-state index contributed by atoms with van der Waals surface area (Å²) in [6.07, 6.45) is 4.49. The number of hydrogen-bond acceptors (Lipinski definition) is 4. The number of carbonyl (C=O) groups excluding carboxylic acids is 2. The minimum atomic E-state index is -0.412. The van der Waals surface area contributed by atoms with Crippen molar-refractivity contribution in [2.75, 3.05) is 0 Å². The molecule has 0 radical (unpaired) electrons. The Morgan fingerprint density at radius 2 is 2.00 bits per heavy atom. The fraction of sp³-hybridized carbons (Fsp3) is 0.143. The molecule has 0 aliphatic rings. The third-order valence-electron chi connectivity index (χ3n) is 2.56. The highest BCUT2D eigenvalue weighted by atomic mass is 32.1. The minimum absolute atomic E-state index is 0.392. The summed E-state index contributed by atoms with van der Waals surface area (Å²) in [5.41, 5.74) is 5.03. The van der Waals surface area contributed by atoms with E-state index in [1.807, 2.05) is 19.1 Å². The average molecular weight is 290 g/mol. The van der Waals surface area contributed by atoms with Crippen LogP contribution < -0.4 is 10.9 Å². The third-order valence-corrected chi connectivity index (χ3v) is 3.53. The Morgan fingerprint density at radius 1 is 1.20 bits per heavy atom. The molecule has 20 heavy (non-hydrogen) atoms. The lowest BCUT2D eigenvalue weighted by Crippen LogP contribution is -2.40. The van der Waals surface area contributed by atoms with E-state index < -0.39 is 11.8 Å². The number of nitrogens with one attached hydrogen (secondary N) is 2. The summed E-state index contributed by atoms with van der Waals surface area (Å²) in [6.45, 7) is 3.67. The topological polar surface area (TPSA) is 71.3 Å². The lowest BCUT2D eigenvalue weighted by atomic mass is 10.2. The van der Waals surface area contributed by atoms with Gasteiger partial charge in [-0.1, -0.05) is 0 Å². The van der Waals surface area contributed by atoms with Gasteiger partial charge in [0.25, 0.3) is 11.8 Å². The van der Waals surface area contributed by atoms with Crippen LogP contribution in [0, 0.1) is 13.8 Å². The van der Waals surface area contributed by atoms with E-state index in [0.29, 0.717) is 11.3 Å². The van der Waals surface area contributed by atoms with Gasteiger partial charge in [-0.25, -0.2) is 0 Å². The maximum Gasteiger partial charge on any atom is 0.273 e. The second kappa shape index (κ2) is 6.21. The summed E-state index contributed by atoms with van der Waals surface area (Å²) in [7, 11) is 0. The molecule has 2 amide bonds. The van der Waals surface area contributed by atoms with Crippen molar-refractivity contribution in [3.05, 3.63) is 51.6 Å². The van der Waals surface area contributed by atoms with Gasteiger partial charge in [-0.15, -0.1) is 11.3 Å². The van der Waals surface area contributed by atoms with E-state index in [1.54, 1.807) is 30.4 Å². The lowest BCUT2D eigenvalue weighted by Gasteiger charge is -2.03. The fourth-order valence-electron chi connectivity index (χ4n) is 1.55.